The van der Waals surface area contributed by atoms with Crippen LogP contribution in [0.1, 0.15) is 12.5 Å². The molecule has 0 heterocycles. The molecule has 0 unspecified atom stereocenters. The van der Waals surface area contributed by atoms with Crippen molar-refractivity contribution in [3.8, 4) is 11.5 Å². The van der Waals surface area contributed by atoms with Gasteiger partial charge in [0.05, 0.1) is 0 Å². The van der Waals surface area contributed by atoms with Gasteiger partial charge in [-0.1, -0.05) is 6.07 Å². The summed E-state index contributed by atoms with van der Waals surface area (Å²) in [6.07, 6.45) is 0.201. The van der Waals surface area contributed by atoms with Crippen molar-refractivity contribution in [3.05, 3.63) is 23.8 Å². The topological polar surface area (TPSA) is 57.5 Å². The number of benzene rings is 1. The highest BCUT2D eigenvalue weighted by Crippen LogP contribution is 2.22. The van der Waals surface area contributed by atoms with Gasteiger partial charge in [-0.2, -0.15) is 0 Å². The predicted molar refractivity (Wildman–Crippen MR) is 44.2 cm³/mol. The van der Waals surface area contributed by atoms with Gasteiger partial charge in [0.15, 0.2) is 0 Å². The Bertz CT molecular complexity index is 305. The van der Waals surface area contributed by atoms with E-state index >= 15 is 0 Å². The van der Waals surface area contributed by atoms with Gasteiger partial charge in [0, 0.05) is 18.1 Å². The highest BCUT2D eigenvalue weighted by Gasteiger charge is 2.03. The van der Waals surface area contributed by atoms with Gasteiger partial charge in [0.25, 0.3) is 0 Å². The van der Waals surface area contributed by atoms with Crippen molar-refractivity contribution >= 4 is 5.78 Å². The van der Waals surface area contributed by atoms with Gasteiger partial charge in [-0.25, -0.2) is 0 Å². The Morgan fingerprint density at radius 3 is 2.58 bits per heavy atom. The minimum atomic E-state index is -0.0369. The van der Waals surface area contributed by atoms with Crippen molar-refractivity contribution in [2.24, 2.45) is 0 Å². The summed E-state index contributed by atoms with van der Waals surface area (Å²) in [7, 11) is 0. The molecule has 0 fully saturated rings. The number of phenolic OH excluding ortho intramolecular Hbond substituents is 2. The van der Waals surface area contributed by atoms with Gasteiger partial charge < -0.3 is 10.2 Å². The van der Waals surface area contributed by atoms with Crippen molar-refractivity contribution < 1.29 is 15.0 Å². The number of hydrogen-bond donors (Lipinski definition) is 2. The molecule has 0 aliphatic rings. The van der Waals surface area contributed by atoms with E-state index in [0.717, 1.165) is 0 Å². The lowest BCUT2D eigenvalue weighted by molar-refractivity contribution is -0.116. The molecule has 0 aromatic heterocycles. The molecular weight excluding hydrogens is 156 g/mol. The Morgan fingerprint density at radius 1 is 1.42 bits per heavy atom. The fourth-order valence-corrected chi connectivity index (χ4v) is 0.970. The molecule has 0 aliphatic heterocycles. The van der Waals surface area contributed by atoms with Crippen LogP contribution >= 0.6 is 0 Å². The second-order valence-electron chi connectivity index (χ2n) is 2.69. The maximum absolute atomic E-state index is 10.7. The third-order valence-electron chi connectivity index (χ3n) is 1.51. The third-order valence-corrected chi connectivity index (χ3v) is 1.51. The molecule has 3 heteroatoms. The molecule has 1 rings (SSSR count). The van der Waals surface area contributed by atoms with Crippen LogP contribution in [0.25, 0.3) is 0 Å². The fraction of sp³-hybridized carbons (Fsp3) is 0.222. The zero-order valence-electron chi connectivity index (χ0n) is 6.74. The third kappa shape index (κ3) is 1.99. The van der Waals surface area contributed by atoms with E-state index < -0.39 is 0 Å². The summed E-state index contributed by atoms with van der Waals surface area (Å²) in [6.45, 7) is 1.45. The van der Waals surface area contributed by atoms with Gasteiger partial charge >= 0.3 is 0 Å². The summed E-state index contributed by atoms with van der Waals surface area (Å²) >= 11 is 0. The van der Waals surface area contributed by atoms with Crippen LogP contribution in [0.5, 0.6) is 11.5 Å². The minimum absolute atomic E-state index is 0.000183. The lowest BCUT2D eigenvalue weighted by atomic mass is 10.1. The van der Waals surface area contributed by atoms with E-state index in [1.54, 1.807) is 0 Å². The van der Waals surface area contributed by atoms with Gasteiger partial charge in [0.2, 0.25) is 0 Å². The van der Waals surface area contributed by atoms with Crippen molar-refractivity contribution in [3.63, 3.8) is 0 Å². The molecule has 2 N–H and O–H groups in total. The quantitative estimate of drug-likeness (QED) is 0.694. The van der Waals surface area contributed by atoms with Crippen molar-refractivity contribution in [2.45, 2.75) is 13.3 Å². The van der Waals surface area contributed by atoms with Crippen LogP contribution in [0.15, 0.2) is 18.2 Å². The summed E-state index contributed by atoms with van der Waals surface area (Å²) in [6, 6.07) is 4.20. The normalized spacial score (nSPS) is 9.75. The van der Waals surface area contributed by atoms with Crippen molar-refractivity contribution in [1.82, 2.24) is 0 Å². The van der Waals surface area contributed by atoms with Crippen LogP contribution in [0.3, 0.4) is 0 Å². The molecule has 3 nitrogen and oxygen atoms in total. The predicted octanol–water partition coefficient (Wildman–Crippen LogP) is 1.23. The van der Waals surface area contributed by atoms with Gasteiger partial charge in [-0.15, -0.1) is 0 Å². The number of phenols is 2. The van der Waals surface area contributed by atoms with E-state index in [1.165, 1.54) is 25.1 Å². The second kappa shape index (κ2) is 3.26. The standard InChI is InChI=1S/C9H10O3/c1-6(10)4-7-2-3-8(11)5-9(7)12/h2-3,5,11-12H,4H2,1H3. The van der Waals surface area contributed by atoms with E-state index in [2.05, 4.69) is 0 Å². The smallest absolute Gasteiger partial charge is 0.134 e. The number of hydrogen-bond acceptors (Lipinski definition) is 3. The number of ketones is 1. The van der Waals surface area contributed by atoms with E-state index in [1.807, 2.05) is 0 Å². The van der Waals surface area contributed by atoms with Gasteiger partial charge in [0.1, 0.15) is 17.3 Å². The molecule has 0 bridgehead atoms. The monoisotopic (exact) mass is 166 g/mol. The lowest BCUT2D eigenvalue weighted by Gasteiger charge is -2.01. The maximum atomic E-state index is 10.7. The molecule has 1 aromatic carbocycles. The summed E-state index contributed by atoms with van der Waals surface area (Å²) < 4.78 is 0. The summed E-state index contributed by atoms with van der Waals surface area (Å²) in [5, 5.41) is 18.2. The first-order valence-corrected chi connectivity index (χ1v) is 3.60. The van der Waals surface area contributed by atoms with Crippen LogP contribution < -0.4 is 0 Å². The maximum Gasteiger partial charge on any atom is 0.134 e. The average molecular weight is 166 g/mol. The Kier molecular flexibility index (Phi) is 2.33. The van der Waals surface area contributed by atoms with Crippen LogP contribution in [0, 0.1) is 0 Å². The van der Waals surface area contributed by atoms with Crippen molar-refractivity contribution in [2.75, 3.05) is 0 Å². The molecule has 12 heavy (non-hydrogen) atoms. The lowest BCUT2D eigenvalue weighted by Crippen LogP contribution is -1.95. The van der Waals surface area contributed by atoms with E-state index in [4.69, 9.17) is 5.11 Å². The van der Waals surface area contributed by atoms with E-state index in [9.17, 15) is 9.90 Å². The Hall–Kier alpha value is -1.51. The van der Waals surface area contributed by atoms with Crippen LogP contribution in [-0.4, -0.2) is 16.0 Å². The SMILES string of the molecule is CC(=O)Cc1ccc(O)cc1O. The summed E-state index contributed by atoms with van der Waals surface area (Å²) in [4.78, 5) is 10.7. The molecular formula is C9H10O3. The Labute approximate surface area is 70.3 Å². The molecule has 0 radical (unpaired) electrons. The highest BCUT2D eigenvalue weighted by molar-refractivity contribution is 5.79. The number of Topliss-reactive ketones (excluding diaryl/α,β-unsaturated/α-hetero) is 1. The zero-order valence-corrected chi connectivity index (χ0v) is 6.74. The Morgan fingerprint density at radius 2 is 2.08 bits per heavy atom. The first kappa shape index (κ1) is 8.59. The number of aromatic hydroxyl groups is 2. The van der Waals surface area contributed by atoms with Crippen LogP contribution in [0.2, 0.25) is 0 Å². The average Bonchev–Trinajstić information content (AvgIpc) is 1.94. The largest absolute Gasteiger partial charge is 0.508 e. The zero-order chi connectivity index (χ0) is 9.14. The van der Waals surface area contributed by atoms with Crippen LogP contribution in [0.4, 0.5) is 0 Å². The highest BCUT2D eigenvalue weighted by atomic mass is 16.3. The molecule has 1 aromatic rings. The molecule has 0 atom stereocenters. The summed E-state index contributed by atoms with van der Waals surface area (Å²) in [5.74, 6) is -0.0546. The summed E-state index contributed by atoms with van der Waals surface area (Å²) in [5.41, 5.74) is 0.542. The number of carbonyl (C=O) groups is 1. The van der Waals surface area contributed by atoms with Crippen molar-refractivity contribution in [1.29, 1.82) is 0 Å². The fourth-order valence-electron chi connectivity index (χ4n) is 0.970. The van der Waals surface area contributed by atoms with Gasteiger partial charge in [-0.05, 0) is 13.0 Å². The van der Waals surface area contributed by atoms with E-state index in [0.29, 0.717) is 5.56 Å². The number of carbonyl (C=O) groups excluding carboxylic acids is 1. The van der Waals surface area contributed by atoms with E-state index in [-0.39, 0.29) is 23.7 Å². The Balaban J connectivity index is 2.93. The first-order valence-electron chi connectivity index (χ1n) is 3.60. The second-order valence-corrected chi connectivity index (χ2v) is 2.69. The molecule has 0 saturated heterocycles. The molecule has 0 amide bonds. The van der Waals surface area contributed by atoms with Gasteiger partial charge in [-0.3, -0.25) is 4.79 Å². The number of rotatable bonds is 2. The van der Waals surface area contributed by atoms with Crippen LogP contribution in [-0.2, 0) is 11.2 Å². The first-order chi connectivity index (χ1) is 5.59. The molecule has 64 valence electrons. The minimum Gasteiger partial charge on any atom is -0.508 e. The molecule has 0 aliphatic carbocycles. The molecule has 0 saturated carbocycles. The molecule has 0 spiro atoms.